The highest BCUT2D eigenvalue weighted by molar-refractivity contribution is 5.40. The summed E-state index contributed by atoms with van der Waals surface area (Å²) in [6.07, 6.45) is 13.3. The summed E-state index contributed by atoms with van der Waals surface area (Å²) in [6, 6.07) is 6.75. The lowest BCUT2D eigenvalue weighted by Gasteiger charge is -2.33. The Balaban J connectivity index is 1.86. The van der Waals surface area contributed by atoms with Gasteiger partial charge in [0, 0.05) is 6.04 Å². The summed E-state index contributed by atoms with van der Waals surface area (Å²) >= 11 is 0. The Kier molecular flexibility index (Phi) is 3.93. The number of fused-ring (bicyclic) bond motifs is 1. The largest absolute Gasteiger partial charge is 0.497 e. The molecule has 1 aromatic rings. The summed E-state index contributed by atoms with van der Waals surface area (Å²) in [6.45, 7) is 0. The molecule has 2 nitrogen and oxygen atoms in total. The highest BCUT2D eigenvalue weighted by atomic mass is 16.5. The third-order valence-corrected chi connectivity index (χ3v) is 4.64. The van der Waals surface area contributed by atoms with Crippen molar-refractivity contribution < 1.29 is 4.74 Å². The second kappa shape index (κ2) is 5.84. The van der Waals surface area contributed by atoms with E-state index in [2.05, 4.69) is 42.5 Å². The van der Waals surface area contributed by atoms with Gasteiger partial charge in [-0.2, -0.15) is 0 Å². The van der Waals surface area contributed by atoms with Gasteiger partial charge in [-0.1, -0.05) is 30.4 Å². The molecule has 2 heteroatoms. The van der Waals surface area contributed by atoms with Gasteiger partial charge in [0.15, 0.2) is 0 Å². The fourth-order valence-corrected chi connectivity index (χ4v) is 3.46. The first-order valence-corrected chi connectivity index (χ1v) is 7.53. The van der Waals surface area contributed by atoms with Gasteiger partial charge in [0.25, 0.3) is 0 Å². The van der Waals surface area contributed by atoms with Crippen molar-refractivity contribution in [3.05, 3.63) is 53.6 Å². The Labute approximate surface area is 121 Å². The molecule has 0 heterocycles. The van der Waals surface area contributed by atoms with Crippen LogP contribution in [-0.4, -0.2) is 13.2 Å². The van der Waals surface area contributed by atoms with Crippen LogP contribution in [0.3, 0.4) is 0 Å². The van der Waals surface area contributed by atoms with Gasteiger partial charge in [0.05, 0.1) is 7.11 Å². The maximum atomic E-state index is 6.42. The van der Waals surface area contributed by atoms with Crippen LogP contribution in [0.2, 0.25) is 0 Å². The molecule has 2 N–H and O–H groups in total. The highest BCUT2D eigenvalue weighted by Crippen LogP contribution is 2.38. The smallest absolute Gasteiger partial charge is 0.119 e. The predicted octanol–water partition coefficient (Wildman–Crippen LogP) is 3.57. The number of benzene rings is 1. The normalized spacial score (nSPS) is 28.2. The summed E-state index contributed by atoms with van der Waals surface area (Å²) in [5.74, 6) is 2.02. The molecule has 3 rings (SSSR count). The monoisotopic (exact) mass is 269 g/mol. The molecule has 20 heavy (non-hydrogen) atoms. The van der Waals surface area contributed by atoms with Gasteiger partial charge in [-0.3, -0.25) is 0 Å². The van der Waals surface area contributed by atoms with Crippen molar-refractivity contribution in [3.63, 3.8) is 0 Å². The maximum Gasteiger partial charge on any atom is 0.119 e. The molecule has 0 radical (unpaired) electrons. The van der Waals surface area contributed by atoms with Crippen LogP contribution in [0, 0.1) is 5.92 Å². The lowest BCUT2D eigenvalue weighted by atomic mass is 9.74. The second-order valence-corrected chi connectivity index (χ2v) is 5.92. The predicted molar refractivity (Wildman–Crippen MR) is 83.0 cm³/mol. The van der Waals surface area contributed by atoms with E-state index >= 15 is 0 Å². The fourth-order valence-electron chi connectivity index (χ4n) is 3.46. The number of hydrogen-bond acceptors (Lipinski definition) is 2. The average Bonchev–Trinajstić information content (AvgIpc) is 2.51. The van der Waals surface area contributed by atoms with Crippen molar-refractivity contribution in [3.8, 4) is 5.75 Å². The van der Waals surface area contributed by atoms with Crippen LogP contribution < -0.4 is 10.5 Å². The molecular weight excluding hydrogens is 246 g/mol. The molecule has 106 valence electrons. The van der Waals surface area contributed by atoms with Crippen LogP contribution in [-0.2, 0) is 6.42 Å². The molecule has 0 aliphatic heterocycles. The van der Waals surface area contributed by atoms with Crippen LogP contribution in [0.5, 0.6) is 5.75 Å². The molecule has 1 aromatic carbocycles. The zero-order valence-electron chi connectivity index (χ0n) is 12.1. The van der Waals surface area contributed by atoms with Crippen molar-refractivity contribution in [2.75, 3.05) is 7.11 Å². The molecule has 2 aliphatic carbocycles. The second-order valence-electron chi connectivity index (χ2n) is 5.92. The SMILES string of the molecule is COc1ccc2c(c1)C(CC1C=CC=CC1)C(N)CC2. The van der Waals surface area contributed by atoms with E-state index in [1.807, 2.05) is 0 Å². The molecule has 0 bridgehead atoms. The zero-order valence-corrected chi connectivity index (χ0v) is 12.1. The van der Waals surface area contributed by atoms with Crippen molar-refractivity contribution in [1.29, 1.82) is 0 Å². The number of methoxy groups -OCH3 is 1. The molecule has 3 atom stereocenters. The van der Waals surface area contributed by atoms with E-state index in [9.17, 15) is 0 Å². The minimum Gasteiger partial charge on any atom is -0.497 e. The molecule has 0 saturated heterocycles. The highest BCUT2D eigenvalue weighted by Gasteiger charge is 2.29. The summed E-state index contributed by atoms with van der Waals surface area (Å²) < 4.78 is 5.39. The molecule has 2 aliphatic rings. The van der Waals surface area contributed by atoms with E-state index < -0.39 is 0 Å². The Hall–Kier alpha value is -1.54. The third kappa shape index (κ3) is 2.66. The first kappa shape index (κ1) is 13.4. The number of ether oxygens (including phenoxy) is 1. The molecule has 0 spiro atoms. The van der Waals surface area contributed by atoms with Crippen LogP contribution >= 0.6 is 0 Å². The van der Waals surface area contributed by atoms with Crippen molar-refractivity contribution in [2.45, 2.75) is 37.6 Å². The quantitative estimate of drug-likeness (QED) is 0.910. The Morgan fingerprint density at radius 2 is 2.20 bits per heavy atom. The molecule has 0 amide bonds. The summed E-state index contributed by atoms with van der Waals surface area (Å²) in [4.78, 5) is 0. The van der Waals surface area contributed by atoms with Crippen molar-refractivity contribution >= 4 is 0 Å². The van der Waals surface area contributed by atoms with Gasteiger partial charge >= 0.3 is 0 Å². The minimum atomic E-state index is 0.272. The summed E-state index contributed by atoms with van der Waals surface area (Å²) in [7, 11) is 1.73. The Morgan fingerprint density at radius 1 is 1.30 bits per heavy atom. The number of allylic oxidation sites excluding steroid dienone is 4. The van der Waals surface area contributed by atoms with E-state index in [1.54, 1.807) is 7.11 Å². The molecule has 0 fully saturated rings. The first-order chi connectivity index (χ1) is 9.78. The van der Waals surface area contributed by atoms with E-state index in [0.29, 0.717) is 11.8 Å². The topological polar surface area (TPSA) is 35.2 Å². The number of nitrogens with two attached hydrogens (primary N) is 1. The van der Waals surface area contributed by atoms with E-state index in [4.69, 9.17) is 10.5 Å². The van der Waals surface area contributed by atoms with Crippen LogP contribution in [0.25, 0.3) is 0 Å². The number of rotatable bonds is 3. The number of aryl methyl sites for hydroxylation is 1. The van der Waals surface area contributed by atoms with Gasteiger partial charge in [-0.05, 0) is 60.8 Å². The average molecular weight is 269 g/mol. The first-order valence-electron chi connectivity index (χ1n) is 7.53. The van der Waals surface area contributed by atoms with Crippen LogP contribution in [0.15, 0.2) is 42.5 Å². The van der Waals surface area contributed by atoms with Crippen molar-refractivity contribution in [1.82, 2.24) is 0 Å². The zero-order chi connectivity index (χ0) is 13.9. The summed E-state index contributed by atoms with van der Waals surface area (Å²) in [5.41, 5.74) is 9.28. The summed E-state index contributed by atoms with van der Waals surface area (Å²) in [5, 5.41) is 0. The number of hydrogen-bond donors (Lipinski definition) is 1. The van der Waals surface area contributed by atoms with E-state index in [0.717, 1.165) is 31.4 Å². The molecule has 3 unspecified atom stereocenters. The minimum absolute atomic E-state index is 0.272. The van der Waals surface area contributed by atoms with E-state index in [-0.39, 0.29) is 6.04 Å². The fraction of sp³-hybridized carbons (Fsp3) is 0.444. The van der Waals surface area contributed by atoms with Crippen LogP contribution in [0.4, 0.5) is 0 Å². The van der Waals surface area contributed by atoms with Crippen molar-refractivity contribution in [2.24, 2.45) is 11.7 Å². The van der Waals surface area contributed by atoms with Crippen LogP contribution in [0.1, 0.15) is 36.3 Å². The molecule has 0 saturated carbocycles. The lowest BCUT2D eigenvalue weighted by molar-refractivity contribution is 0.392. The van der Waals surface area contributed by atoms with E-state index in [1.165, 1.54) is 11.1 Å². The Morgan fingerprint density at radius 3 is 2.95 bits per heavy atom. The standard InChI is InChI=1S/C18H23NO/c1-20-15-9-7-14-8-10-18(19)17(16(14)12-15)11-13-5-3-2-4-6-13/h2-5,7,9,12-13,17-18H,6,8,10-11,19H2,1H3. The van der Waals surface area contributed by atoms with Gasteiger partial charge in [-0.25, -0.2) is 0 Å². The third-order valence-electron chi connectivity index (χ3n) is 4.64. The molecule has 0 aromatic heterocycles. The van der Waals surface area contributed by atoms with Gasteiger partial charge < -0.3 is 10.5 Å². The van der Waals surface area contributed by atoms with Gasteiger partial charge in [0.1, 0.15) is 5.75 Å². The lowest BCUT2D eigenvalue weighted by Crippen LogP contribution is -2.34. The van der Waals surface area contributed by atoms with Gasteiger partial charge in [-0.15, -0.1) is 0 Å². The maximum absolute atomic E-state index is 6.42. The molecular formula is C18H23NO. The van der Waals surface area contributed by atoms with Gasteiger partial charge in [0.2, 0.25) is 0 Å². The Bertz CT molecular complexity index is 532.